The first kappa shape index (κ1) is 9.38. The van der Waals surface area contributed by atoms with Crippen LogP contribution in [0, 0.1) is 17.6 Å². The van der Waals surface area contributed by atoms with Crippen LogP contribution in [0.1, 0.15) is 25.3 Å². The lowest BCUT2D eigenvalue weighted by Crippen LogP contribution is -1.87. The fourth-order valence-corrected chi connectivity index (χ4v) is 1.83. The van der Waals surface area contributed by atoms with Gasteiger partial charge < -0.3 is 0 Å². The van der Waals surface area contributed by atoms with E-state index in [1.54, 1.807) is 6.07 Å². The predicted octanol–water partition coefficient (Wildman–Crippen LogP) is 3.78. The summed E-state index contributed by atoms with van der Waals surface area (Å²) in [6, 6.07) is 4.11. The van der Waals surface area contributed by atoms with Crippen molar-refractivity contribution >= 4 is 5.57 Å². The van der Waals surface area contributed by atoms with E-state index in [0.717, 1.165) is 24.0 Å². The van der Waals surface area contributed by atoms with Crippen LogP contribution in [-0.2, 0) is 0 Å². The quantitative estimate of drug-likeness (QED) is 0.638. The molecule has 0 bridgehead atoms. The van der Waals surface area contributed by atoms with Crippen molar-refractivity contribution in [2.45, 2.75) is 19.8 Å². The third kappa shape index (κ3) is 1.69. The zero-order chi connectivity index (χ0) is 10.1. The number of hydrogen-bond donors (Lipinski definition) is 0. The van der Waals surface area contributed by atoms with Crippen LogP contribution < -0.4 is 0 Å². The Bertz CT molecular complexity index is 380. The van der Waals surface area contributed by atoms with Gasteiger partial charge in [0.05, 0.1) is 0 Å². The Morgan fingerprint density at radius 1 is 1.21 bits per heavy atom. The van der Waals surface area contributed by atoms with Crippen molar-refractivity contribution in [2.75, 3.05) is 0 Å². The first-order valence-electron chi connectivity index (χ1n) is 4.83. The largest absolute Gasteiger partial charge is 0.204 e. The number of halogens is 2. The highest BCUT2D eigenvalue weighted by molar-refractivity contribution is 5.67. The van der Waals surface area contributed by atoms with E-state index in [1.165, 1.54) is 12.1 Å². The molecule has 0 spiro atoms. The average Bonchev–Trinajstić information content (AvgIpc) is 2.57. The second-order valence-corrected chi connectivity index (χ2v) is 3.84. The van der Waals surface area contributed by atoms with Crippen molar-refractivity contribution in [3.8, 4) is 0 Å². The van der Waals surface area contributed by atoms with Crippen LogP contribution in [-0.4, -0.2) is 0 Å². The highest BCUT2D eigenvalue weighted by Crippen LogP contribution is 2.31. The summed E-state index contributed by atoms with van der Waals surface area (Å²) in [6.45, 7) is 2.13. The van der Waals surface area contributed by atoms with Gasteiger partial charge in [-0.1, -0.05) is 19.1 Å². The molecule has 0 fully saturated rings. The van der Waals surface area contributed by atoms with Crippen LogP contribution in [0.25, 0.3) is 5.57 Å². The highest BCUT2D eigenvalue weighted by atomic mass is 19.2. The first-order chi connectivity index (χ1) is 6.66. The summed E-state index contributed by atoms with van der Waals surface area (Å²) in [5, 5.41) is 0. The highest BCUT2D eigenvalue weighted by Gasteiger charge is 2.14. The summed E-state index contributed by atoms with van der Waals surface area (Å²) in [4.78, 5) is 0. The molecule has 2 heteroatoms. The lowest BCUT2D eigenvalue weighted by Gasteiger charge is -2.01. The predicted molar refractivity (Wildman–Crippen MR) is 52.7 cm³/mol. The Labute approximate surface area is 82.3 Å². The summed E-state index contributed by atoms with van der Waals surface area (Å²) >= 11 is 0. The maximum absolute atomic E-state index is 12.9. The summed E-state index contributed by atoms with van der Waals surface area (Å²) in [5.74, 6) is -0.985. The standard InChI is InChI=1S/C12H12F2/c1-8-2-3-9(6-8)10-4-5-11(13)12(14)7-10/h4-8H,2-3H2,1H3. The molecule has 0 heterocycles. The molecule has 1 unspecified atom stereocenters. The fourth-order valence-electron chi connectivity index (χ4n) is 1.83. The molecular weight excluding hydrogens is 182 g/mol. The van der Waals surface area contributed by atoms with Crippen LogP contribution in [0.2, 0.25) is 0 Å². The van der Waals surface area contributed by atoms with Crippen LogP contribution >= 0.6 is 0 Å². The van der Waals surface area contributed by atoms with Crippen LogP contribution in [0.15, 0.2) is 24.3 Å². The molecular formula is C12H12F2. The molecule has 1 atom stereocenters. The van der Waals surface area contributed by atoms with E-state index < -0.39 is 11.6 Å². The molecule has 1 aromatic carbocycles. The Balaban J connectivity index is 2.34. The molecule has 0 N–H and O–H groups in total. The topological polar surface area (TPSA) is 0 Å². The third-order valence-corrected chi connectivity index (χ3v) is 2.65. The van der Waals surface area contributed by atoms with E-state index in [0.29, 0.717) is 5.92 Å². The summed E-state index contributed by atoms with van der Waals surface area (Å²) in [7, 11) is 0. The lowest BCUT2D eigenvalue weighted by atomic mass is 10.1. The van der Waals surface area contributed by atoms with Crippen molar-refractivity contribution in [3.05, 3.63) is 41.5 Å². The number of allylic oxidation sites excluding steroid dienone is 2. The molecule has 2 rings (SSSR count). The Kier molecular flexibility index (Phi) is 2.36. The monoisotopic (exact) mass is 194 g/mol. The van der Waals surface area contributed by atoms with Gasteiger partial charge in [-0.15, -0.1) is 0 Å². The Morgan fingerprint density at radius 2 is 2.00 bits per heavy atom. The van der Waals surface area contributed by atoms with E-state index in [1.807, 2.05) is 0 Å². The zero-order valence-corrected chi connectivity index (χ0v) is 8.06. The minimum absolute atomic E-state index is 0.554. The van der Waals surface area contributed by atoms with Crippen molar-refractivity contribution < 1.29 is 8.78 Å². The number of rotatable bonds is 1. The molecule has 0 saturated carbocycles. The molecule has 0 saturated heterocycles. The van der Waals surface area contributed by atoms with E-state index in [9.17, 15) is 8.78 Å². The van der Waals surface area contributed by atoms with E-state index >= 15 is 0 Å². The van der Waals surface area contributed by atoms with E-state index in [2.05, 4.69) is 13.0 Å². The first-order valence-corrected chi connectivity index (χ1v) is 4.83. The third-order valence-electron chi connectivity index (χ3n) is 2.65. The van der Waals surface area contributed by atoms with Gasteiger partial charge in [0.25, 0.3) is 0 Å². The molecule has 0 aromatic heterocycles. The van der Waals surface area contributed by atoms with Gasteiger partial charge in [0.2, 0.25) is 0 Å². The molecule has 1 aliphatic rings. The fraction of sp³-hybridized carbons (Fsp3) is 0.333. The molecule has 14 heavy (non-hydrogen) atoms. The molecule has 0 radical (unpaired) electrons. The SMILES string of the molecule is CC1C=C(c2ccc(F)c(F)c2)CC1. The second kappa shape index (κ2) is 3.52. The van der Waals surface area contributed by atoms with Gasteiger partial charge in [-0.3, -0.25) is 0 Å². The minimum atomic E-state index is -0.777. The molecule has 0 amide bonds. The van der Waals surface area contributed by atoms with Gasteiger partial charge in [-0.25, -0.2) is 8.78 Å². The van der Waals surface area contributed by atoms with Gasteiger partial charge in [-0.05, 0) is 42.0 Å². The van der Waals surface area contributed by atoms with Crippen LogP contribution in [0.3, 0.4) is 0 Å². The minimum Gasteiger partial charge on any atom is -0.204 e. The van der Waals surface area contributed by atoms with Gasteiger partial charge >= 0.3 is 0 Å². The Hall–Kier alpha value is -1.18. The zero-order valence-electron chi connectivity index (χ0n) is 8.06. The maximum Gasteiger partial charge on any atom is 0.159 e. The molecule has 1 aromatic rings. The smallest absolute Gasteiger partial charge is 0.159 e. The normalized spacial score (nSPS) is 21.1. The molecule has 1 aliphatic carbocycles. The summed E-state index contributed by atoms with van der Waals surface area (Å²) in [5.41, 5.74) is 1.95. The van der Waals surface area contributed by atoms with Crippen molar-refractivity contribution in [3.63, 3.8) is 0 Å². The number of benzene rings is 1. The van der Waals surface area contributed by atoms with Crippen molar-refractivity contribution in [2.24, 2.45) is 5.92 Å². The van der Waals surface area contributed by atoms with Gasteiger partial charge in [-0.2, -0.15) is 0 Å². The van der Waals surface area contributed by atoms with Crippen LogP contribution in [0.5, 0.6) is 0 Å². The van der Waals surface area contributed by atoms with E-state index in [4.69, 9.17) is 0 Å². The van der Waals surface area contributed by atoms with Gasteiger partial charge in [0.15, 0.2) is 11.6 Å². The lowest BCUT2D eigenvalue weighted by molar-refractivity contribution is 0.508. The maximum atomic E-state index is 12.9. The molecule has 74 valence electrons. The van der Waals surface area contributed by atoms with Crippen LogP contribution in [0.4, 0.5) is 8.78 Å². The van der Waals surface area contributed by atoms with Gasteiger partial charge in [0.1, 0.15) is 0 Å². The van der Waals surface area contributed by atoms with E-state index in [-0.39, 0.29) is 0 Å². The van der Waals surface area contributed by atoms with Crippen molar-refractivity contribution in [1.82, 2.24) is 0 Å². The number of hydrogen-bond acceptors (Lipinski definition) is 0. The summed E-state index contributed by atoms with van der Waals surface area (Å²) < 4.78 is 25.6. The molecule has 0 nitrogen and oxygen atoms in total. The van der Waals surface area contributed by atoms with Crippen molar-refractivity contribution in [1.29, 1.82) is 0 Å². The summed E-state index contributed by atoms with van der Waals surface area (Å²) in [6.07, 6.45) is 4.20. The average molecular weight is 194 g/mol. The van der Waals surface area contributed by atoms with Gasteiger partial charge in [0, 0.05) is 0 Å². The Morgan fingerprint density at radius 3 is 2.57 bits per heavy atom. The second-order valence-electron chi connectivity index (χ2n) is 3.84. The molecule has 0 aliphatic heterocycles.